The summed E-state index contributed by atoms with van der Waals surface area (Å²) in [6.45, 7) is 9.83. The van der Waals surface area contributed by atoms with Crippen molar-refractivity contribution in [2.45, 2.75) is 79.1 Å². The van der Waals surface area contributed by atoms with E-state index in [9.17, 15) is 15.2 Å². The maximum absolute atomic E-state index is 15.4. The van der Waals surface area contributed by atoms with Gasteiger partial charge in [0, 0.05) is 49.1 Å². The highest BCUT2D eigenvalue weighted by Crippen LogP contribution is 2.51. The molecule has 67 heavy (non-hydrogen) atoms. The number of aromatic nitrogens is 1. The maximum Gasteiger partial charge on any atom is 0.346 e. The van der Waals surface area contributed by atoms with Gasteiger partial charge in [-0.05, 0) is 97.0 Å². The van der Waals surface area contributed by atoms with Crippen LogP contribution in [0.15, 0.2) is 126 Å². The first-order valence-corrected chi connectivity index (χ1v) is 26.0. The number of carboxylic acid groups (broad SMARTS) is 1. The fourth-order valence-corrected chi connectivity index (χ4v) is 12.8. The van der Waals surface area contributed by atoms with Gasteiger partial charge in [-0.2, -0.15) is 5.26 Å². The van der Waals surface area contributed by atoms with E-state index >= 15 is 9.59 Å². The van der Waals surface area contributed by atoms with Crippen molar-refractivity contribution < 1.29 is 19.5 Å². The maximum atomic E-state index is 15.4. The van der Waals surface area contributed by atoms with Crippen molar-refractivity contribution in [1.29, 1.82) is 5.26 Å². The largest absolute Gasteiger partial charge is 0.477 e. The number of nitriles is 1. The number of hydrogen-bond donors (Lipinski definition) is 1. The Balaban J connectivity index is 1.14. The number of benzene rings is 3. The monoisotopic (exact) mass is 942 g/mol. The van der Waals surface area contributed by atoms with Crippen LogP contribution in [-0.2, 0) is 14.4 Å². The number of nitrogens with zero attached hydrogens (tertiary/aromatic N) is 4. The molecule has 4 aromatic heterocycles. The highest BCUT2D eigenvalue weighted by molar-refractivity contribution is 7.23. The molecule has 0 fully saturated rings. The number of aliphatic carboxylic acids is 1. The molecule has 8 nitrogen and oxygen atoms in total. The van der Waals surface area contributed by atoms with Crippen molar-refractivity contribution in [2.24, 2.45) is 11.8 Å². The molecule has 0 bridgehead atoms. The molecule has 9 rings (SSSR count). The first kappa shape index (κ1) is 45.8. The minimum atomic E-state index is -1.27. The Kier molecular flexibility index (Phi) is 13.6. The summed E-state index contributed by atoms with van der Waals surface area (Å²) < 4.78 is 2.32. The van der Waals surface area contributed by atoms with Crippen molar-refractivity contribution in [3.63, 3.8) is 0 Å². The molecule has 2 atom stereocenters. The number of thiophene rings is 3. The second-order valence-electron chi connectivity index (χ2n) is 17.5. The predicted octanol–water partition coefficient (Wildman–Crippen LogP) is 14.5. The van der Waals surface area contributed by atoms with Gasteiger partial charge in [-0.1, -0.05) is 115 Å². The summed E-state index contributed by atoms with van der Waals surface area (Å²) in [5.41, 5.74) is 6.54. The quantitative estimate of drug-likeness (QED) is 0.0642. The summed E-state index contributed by atoms with van der Waals surface area (Å²) >= 11 is 4.56. The number of carbonyl (C=O) groups is 3. The molecule has 0 spiro atoms. The molecule has 0 radical (unpaired) electrons. The number of fused-ring (bicyclic) bond motifs is 4. The second-order valence-corrected chi connectivity index (χ2v) is 20.8. The van der Waals surface area contributed by atoms with Gasteiger partial charge in [0.2, 0.25) is 0 Å². The lowest BCUT2D eigenvalue weighted by Gasteiger charge is -2.29. The van der Waals surface area contributed by atoms with E-state index < -0.39 is 5.97 Å². The fraction of sp³-hybridized carbons (Fsp3) is 0.286. The molecule has 340 valence electrons. The number of unbranched alkanes of at least 4 members (excludes halogenated alkanes) is 2. The Morgan fingerprint density at radius 3 is 1.61 bits per heavy atom. The third-order valence-electron chi connectivity index (χ3n) is 13.3. The number of carboxylic acids is 1. The van der Waals surface area contributed by atoms with Crippen LogP contribution < -0.4 is 0 Å². The topological polar surface area (TPSA) is 107 Å². The molecule has 11 heteroatoms. The Morgan fingerprint density at radius 1 is 0.627 bits per heavy atom. The van der Waals surface area contributed by atoms with Gasteiger partial charge in [-0.25, -0.2) is 4.79 Å². The zero-order valence-corrected chi connectivity index (χ0v) is 40.8. The summed E-state index contributed by atoms with van der Waals surface area (Å²) in [6.07, 6.45) is 9.51. The van der Waals surface area contributed by atoms with Gasteiger partial charge < -0.3 is 19.5 Å². The van der Waals surface area contributed by atoms with Crippen LogP contribution in [-0.4, -0.2) is 50.3 Å². The van der Waals surface area contributed by atoms with E-state index in [2.05, 4.69) is 117 Å². The van der Waals surface area contributed by atoms with Crippen LogP contribution in [0.3, 0.4) is 0 Å². The number of hydrogen-bond acceptors (Lipinski definition) is 7. The normalized spacial score (nSPS) is 15.1. The molecular weight excluding hydrogens is 889 g/mol. The molecule has 3 aromatic carbocycles. The molecule has 6 heterocycles. The van der Waals surface area contributed by atoms with Crippen LogP contribution >= 0.6 is 34.0 Å². The predicted molar refractivity (Wildman–Crippen MR) is 277 cm³/mol. The lowest BCUT2D eigenvalue weighted by Crippen LogP contribution is -2.34. The number of para-hydroxylation sites is 2. The highest BCUT2D eigenvalue weighted by atomic mass is 32.1. The zero-order valence-electron chi connectivity index (χ0n) is 38.4. The molecule has 0 aliphatic carbocycles. The van der Waals surface area contributed by atoms with E-state index in [4.69, 9.17) is 0 Å². The van der Waals surface area contributed by atoms with E-state index in [-0.39, 0.29) is 29.2 Å². The highest BCUT2D eigenvalue weighted by Gasteiger charge is 2.50. The van der Waals surface area contributed by atoms with E-state index in [0.717, 1.165) is 104 Å². The van der Waals surface area contributed by atoms with Crippen LogP contribution in [0.1, 0.15) is 93.7 Å². The standard InChI is InChI=1S/C56H54N4O4S3/c1-5-9-15-35(7-3)33-58-52(48-29-27-45(66-48)37-21-23-39(24-22-37)60-43-19-13-11-17-41(43)42-18-12-14-20-44(42)60)50-51(55(58)62)53(59(54(50)61)34-36(8-4)16-10-6-2)49-30-28-47(67-49)46-26-25-40(65-46)31-38(32-57)56(63)64/h11-14,17-31,35-36H,5-10,15-16,33-34H2,1-4H3,(H,63,64)/b38-31+. The lowest BCUT2D eigenvalue weighted by molar-refractivity contribution is -0.132. The SMILES string of the molecule is CCCCC(CC)CN1C(=O)C2=C(c3ccc(-c4ccc(/C=C(\C#N)C(=O)O)s4)s3)N(CC(CC)CCCC)C(=O)C2=C1c1ccc(-c2ccc(-n3c4ccccc4c4ccccc43)cc2)s1. The molecule has 2 aliphatic heterocycles. The summed E-state index contributed by atoms with van der Waals surface area (Å²) in [4.78, 5) is 51.4. The average molecular weight is 943 g/mol. The van der Waals surface area contributed by atoms with Crippen molar-refractivity contribution >= 4 is 91.1 Å². The summed E-state index contributed by atoms with van der Waals surface area (Å²) in [6, 6.07) is 39.5. The summed E-state index contributed by atoms with van der Waals surface area (Å²) in [5.74, 6) is -0.959. The molecule has 1 N–H and O–H groups in total. The van der Waals surface area contributed by atoms with E-state index in [1.807, 2.05) is 34.1 Å². The van der Waals surface area contributed by atoms with Crippen LogP contribution in [0.2, 0.25) is 0 Å². The Labute approximate surface area is 404 Å². The molecule has 7 aromatic rings. The first-order chi connectivity index (χ1) is 32.7. The summed E-state index contributed by atoms with van der Waals surface area (Å²) in [7, 11) is 0. The number of carbonyl (C=O) groups excluding carboxylic acids is 2. The van der Waals surface area contributed by atoms with Crippen LogP contribution in [0.5, 0.6) is 0 Å². The summed E-state index contributed by atoms with van der Waals surface area (Å²) in [5, 5.41) is 21.3. The second kappa shape index (κ2) is 19.9. The van der Waals surface area contributed by atoms with Crippen molar-refractivity contribution in [3.8, 4) is 32.0 Å². The van der Waals surface area contributed by atoms with Gasteiger partial charge in [0.05, 0.1) is 43.3 Å². The van der Waals surface area contributed by atoms with Crippen molar-refractivity contribution in [1.82, 2.24) is 14.4 Å². The Morgan fingerprint density at radius 2 is 1.10 bits per heavy atom. The van der Waals surface area contributed by atoms with E-state index in [0.29, 0.717) is 34.8 Å². The molecule has 2 unspecified atom stereocenters. The van der Waals surface area contributed by atoms with Crippen LogP contribution in [0.25, 0.3) is 65.2 Å². The lowest BCUT2D eigenvalue weighted by atomic mass is 9.98. The van der Waals surface area contributed by atoms with Crippen LogP contribution in [0, 0.1) is 23.2 Å². The Bertz CT molecular complexity index is 3100. The van der Waals surface area contributed by atoms with Gasteiger partial charge in [-0.15, -0.1) is 34.0 Å². The minimum Gasteiger partial charge on any atom is -0.477 e. The van der Waals surface area contributed by atoms with Gasteiger partial charge in [0.15, 0.2) is 0 Å². The van der Waals surface area contributed by atoms with Gasteiger partial charge in [0.25, 0.3) is 11.8 Å². The average Bonchev–Trinajstić information content (AvgIpc) is 4.22. The van der Waals surface area contributed by atoms with Gasteiger partial charge in [0.1, 0.15) is 11.6 Å². The van der Waals surface area contributed by atoms with Crippen molar-refractivity contribution in [2.75, 3.05) is 13.1 Å². The number of rotatable bonds is 19. The van der Waals surface area contributed by atoms with Gasteiger partial charge in [-0.3, -0.25) is 9.59 Å². The molecule has 0 saturated carbocycles. The number of amides is 2. The van der Waals surface area contributed by atoms with Gasteiger partial charge >= 0.3 is 5.97 Å². The molecule has 2 amide bonds. The van der Waals surface area contributed by atoms with E-state index in [1.165, 1.54) is 39.5 Å². The van der Waals surface area contributed by atoms with E-state index in [1.54, 1.807) is 17.4 Å². The van der Waals surface area contributed by atoms with Crippen LogP contribution in [0.4, 0.5) is 0 Å². The minimum absolute atomic E-state index is 0.117. The fourth-order valence-electron chi connectivity index (χ4n) is 9.65. The Hall–Kier alpha value is -6.32. The van der Waals surface area contributed by atoms with Crippen molar-refractivity contribution in [3.05, 3.63) is 141 Å². The zero-order chi connectivity index (χ0) is 46.8. The first-order valence-electron chi connectivity index (χ1n) is 23.5. The third kappa shape index (κ3) is 8.75. The molecule has 0 saturated heterocycles. The molecule has 2 aliphatic rings. The third-order valence-corrected chi connectivity index (χ3v) is 16.8. The smallest absolute Gasteiger partial charge is 0.346 e. The molecular formula is C56H54N4O4S3.